The zero-order chi connectivity index (χ0) is 46.0. The molecule has 1 aliphatic carbocycles. The first-order valence-electron chi connectivity index (χ1n) is 27.9. The Bertz CT molecular complexity index is 1550. The fourth-order valence-corrected chi connectivity index (χ4v) is 16.7. The molecule has 3 aromatic carbocycles. The van der Waals surface area contributed by atoms with Gasteiger partial charge in [-0.05, 0) is 143 Å². The predicted octanol–water partition coefficient (Wildman–Crippen LogP) is 17.7. The van der Waals surface area contributed by atoms with Gasteiger partial charge in [0.05, 0.1) is 0 Å². The van der Waals surface area contributed by atoms with Crippen LogP contribution in [0.3, 0.4) is 0 Å². The van der Waals surface area contributed by atoms with E-state index in [1.807, 2.05) is 0 Å². The van der Waals surface area contributed by atoms with Crippen molar-refractivity contribution in [3.8, 4) is 0 Å². The van der Waals surface area contributed by atoms with Crippen molar-refractivity contribution < 1.29 is 0 Å². The fourth-order valence-electron chi connectivity index (χ4n) is 10.9. The van der Waals surface area contributed by atoms with Crippen LogP contribution in [0, 0.1) is 5.41 Å². The summed E-state index contributed by atoms with van der Waals surface area (Å²) in [6.07, 6.45) is 45.0. The lowest BCUT2D eigenvalue weighted by molar-refractivity contribution is 0.516. The van der Waals surface area contributed by atoms with E-state index in [2.05, 4.69) is 129 Å². The molecule has 0 fully saturated rings. The van der Waals surface area contributed by atoms with Crippen LogP contribution in [0.1, 0.15) is 256 Å². The summed E-state index contributed by atoms with van der Waals surface area (Å²) in [6, 6.07) is 24.8. The van der Waals surface area contributed by atoms with Crippen molar-refractivity contribution in [1.82, 2.24) is 0 Å². The van der Waals surface area contributed by atoms with E-state index in [9.17, 15) is 0 Å². The Hall–Kier alpha value is -2.64. The first-order valence-corrected chi connectivity index (χ1v) is 29.9. The third-order valence-corrected chi connectivity index (χ3v) is 19.4. The molecule has 1 heteroatoms. The topological polar surface area (TPSA) is 0 Å². The zero-order valence-corrected chi connectivity index (χ0v) is 44.8. The van der Waals surface area contributed by atoms with Crippen molar-refractivity contribution in [3.05, 3.63) is 111 Å². The molecule has 0 spiro atoms. The maximum Gasteiger partial charge on any atom is 0.176 e. The van der Waals surface area contributed by atoms with Gasteiger partial charge in [-0.25, -0.2) is 0 Å². The van der Waals surface area contributed by atoms with Gasteiger partial charge in [-0.3, -0.25) is 0 Å². The number of aryl methyl sites for hydroxylation is 6. The van der Waals surface area contributed by atoms with Crippen LogP contribution in [0.25, 0.3) is 0 Å². The highest BCUT2D eigenvalue weighted by atomic mass is 28.3. The largest absolute Gasteiger partial charge is 0.176 e. The van der Waals surface area contributed by atoms with Gasteiger partial charge >= 0.3 is 0 Å². The maximum absolute atomic E-state index is 2.86. The molecule has 0 atom stereocenters. The van der Waals surface area contributed by atoms with Gasteiger partial charge in [-0.1, -0.05) is 250 Å². The van der Waals surface area contributed by atoms with Crippen molar-refractivity contribution in [2.45, 2.75) is 261 Å². The Kier molecular flexibility index (Phi) is 25.2. The molecule has 0 aromatic heterocycles. The normalized spacial score (nSPS) is 13.2. The number of benzene rings is 3. The SMILES string of the molecule is CCCCCCc1cc(CCCCCC)cc([Si](C2=C(C(C)(C)C)C=CC2)(c2cc(CCCCCC)cc(CCCCCC)c2)c2cc(CCCCCC)cc(CCCCCC)c2)c1. The van der Waals surface area contributed by atoms with Gasteiger partial charge in [0.1, 0.15) is 0 Å². The molecule has 0 nitrogen and oxygen atoms in total. The number of rotatable bonds is 34. The summed E-state index contributed by atoms with van der Waals surface area (Å²) in [6.45, 7) is 21.7. The van der Waals surface area contributed by atoms with Crippen LogP contribution in [0.5, 0.6) is 0 Å². The Labute approximate surface area is 399 Å². The smallest absolute Gasteiger partial charge is 0.0805 e. The highest BCUT2D eigenvalue weighted by Crippen LogP contribution is 2.39. The minimum absolute atomic E-state index is 0.0584. The molecule has 0 bridgehead atoms. The van der Waals surface area contributed by atoms with Gasteiger partial charge in [0, 0.05) is 0 Å². The third kappa shape index (κ3) is 16.9. The van der Waals surface area contributed by atoms with Crippen LogP contribution in [-0.2, 0) is 38.5 Å². The van der Waals surface area contributed by atoms with Crippen molar-refractivity contribution >= 4 is 23.6 Å². The number of hydrogen-bond acceptors (Lipinski definition) is 0. The second kappa shape index (κ2) is 29.9. The first kappa shape index (κ1) is 54.0. The standard InChI is InChI=1S/C63H100Si/c1-10-16-22-28-35-52-43-53(36-29-23-17-11-2)47-58(46-52)64(62-42-34-41-61(62)63(7,8)9,59-48-54(37-30-24-18-12-3)44-55(49-59)38-31-25-19-13-4)60-50-56(39-32-26-20-14-5)45-57(51-60)40-33-27-21-15-6/h34,41,43-51H,10-33,35-40,42H2,1-9H3. The molecule has 4 rings (SSSR count). The Morgan fingerprint density at radius 1 is 0.344 bits per heavy atom. The van der Waals surface area contributed by atoms with E-state index in [0.717, 1.165) is 6.42 Å². The van der Waals surface area contributed by atoms with Crippen molar-refractivity contribution in [2.24, 2.45) is 5.41 Å². The van der Waals surface area contributed by atoms with E-state index in [1.54, 1.807) is 59.7 Å². The van der Waals surface area contributed by atoms with Gasteiger partial charge < -0.3 is 0 Å². The molecule has 0 amide bonds. The summed E-state index contributed by atoms with van der Waals surface area (Å²) in [7, 11) is -2.86. The molecule has 1 aliphatic rings. The molecule has 0 saturated heterocycles. The molecule has 3 aromatic rings. The second-order valence-corrected chi connectivity index (χ2v) is 25.3. The van der Waals surface area contributed by atoms with Crippen LogP contribution in [0.4, 0.5) is 0 Å². The highest BCUT2D eigenvalue weighted by molar-refractivity contribution is 7.16. The van der Waals surface area contributed by atoms with Crippen molar-refractivity contribution in [1.29, 1.82) is 0 Å². The third-order valence-electron chi connectivity index (χ3n) is 14.6. The van der Waals surface area contributed by atoms with E-state index in [1.165, 1.54) is 193 Å². The van der Waals surface area contributed by atoms with Crippen molar-refractivity contribution in [2.75, 3.05) is 0 Å². The molecule has 0 heterocycles. The summed E-state index contributed by atoms with van der Waals surface area (Å²) in [5.74, 6) is 0. The number of allylic oxidation sites excluding steroid dienone is 4. The average Bonchev–Trinajstić information content (AvgIpc) is 3.79. The molecular weight excluding hydrogens is 785 g/mol. The van der Waals surface area contributed by atoms with Crippen LogP contribution in [-0.4, -0.2) is 8.07 Å². The van der Waals surface area contributed by atoms with Crippen molar-refractivity contribution in [3.63, 3.8) is 0 Å². The lowest BCUT2D eigenvalue weighted by Gasteiger charge is -2.40. The molecular formula is C63H100Si. The molecule has 0 radical (unpaired) electrons. The minimum atomic E-state index is -2.86. The van der Waals surface area contributed by atoms with Crippen LogP contribution in [0.2, 0.25) is 0 Å². The number of unbranched alkanes of at least 4 members (excludes halogenated alkanes) is 18. The van der Waals surface area contributed by atoms with Crippen LogP contribution in [0.15, 0.2) is 77.5 Å². The van der Waals surface area contributed by atoms with E-state index < -0.39 is 8.07 Å². The lowest BCUT2D eigenvalue weighted by Crippen LogP contribution is -2.69. The minimum Gasteiger partial charge on any atom is -0.0805 e. The Morgan fingerprint density at radius 3 is 0.812 bits per heavy atom. The molecule has 64 heavy (non-hydrogen) atoms. The Balaban J connectivity index is 2.19. The van der Waals surface area contributed by atoms with E-state index >= 15 is 0 Å². The van der Waals surface area contributed by atoms with Gasteiger partial charge in [0.25, 0.3) is 0 Å². The van der Waals surface area contributed by atoms with Crippen LogP contribution >= 0.6 is 0 Å². The number of hydrogen-bond donors (Lipinski definition) is 0. The van der Waals surface area contributed by atoms with E-state index in [0.29, 0.717) is 0 Å². The zero-order valence-electron chi connectivity index (χ0n) is 43.8. The van der Waals surface area contributed by atoms with Crippen LogP contribution < -0.4 is 15.6 Å². The monoisotopic (exact) mass is 885 g/mol. The maximum atomic E-state index is 2.81. The summed E-state index contributed by atoms with van der Waals surface area (Å²) < 4.78 is 0. The Morgan fingerprint density at radius 2 is 0.594 bits per heavy atom. The summed E-state index contributed by atoms with van der Waals surface area (Å²) in [5, 5.41) is 6.84. The highest BCUT2D eigenvalue weighted by Gasteiger charge is 2.47. The lowest BCUT2D eigenvalue weighted by atomic mass is 9.87. The summed E-state index contributed by atoms with van der Waals surface area (Å²) >= 11 is 0. The molecule has 0 unspecified atom stereocenters. The molecule has 0 aliphatic heterocycles. The van der Waals surface area contributed by atoms with Gasteiger partial charge in [0.15, 0.2) is 8.07 Å². The summed E-state index contributed by atoms with van der Waals surface area (Å²) in [5.41, 5.74) is 11.3. The van der Waals surface area contributed by atoms with Gasteiger partial charge in [0.2, 0.25) is 0 Å². The molecule has 356 valence electrons. The van der Waals surface area contributed by atoms with E-state index in [-0.39, 0.29) is 5.41 Å². The molecule has 0 N–H and O–H groups in total. The predicted molar refractivity (Wildman–Crippen MR) is 291 cm³/mol. The van der Waals surface area contributed by atoms with Gasteiger partial charge in [-0.15, -0.1) is 0 Å². The average molecular weight is 886 g/mol. The summed E-state index contributed by atoms with van der Waals surface area (Å²) in [4.78, 5) is 0. The first-order chi connectivity index (χ1) is 31.1. The quantitative estimate of drug-likeness (QED) is 0.0318. The fraction of sp³-hybridized carbons (Fsp3) is 0.651. The van der Waals surface area contributed by atoms with Gasteiger partial charge in [-0.2, -0.15) is 0 Å². The second-order valence-electron chi connectivity index (χ2n) is 21.5. The van der Waals surface area contributed by atoms with E-state index in [4.69, 9.17) is 0 Å². The molecule has 0 saturated carbocycles.